The number of rotatable bonds is 5. The highest BCUT2D eigenvalue weighted by atomic mass is 19.4. The number of hydrogen-bond donors (Lipinski definition) is 1. The van der Waals surface area contributed by atoms with Crippen LogP contribution in [0.1, 0.15) is 17.5 Å². The number of nitrogens with one attached hydrogen (secondary N) is 1. The second-order valence-corrected chi connectivity index (χ2v) is 7.23. The Balaban J connectivity index is 1.44. The Morgan fingerprint density at radius 1 is 1.16 bits per heavy atom. The van der Waals surface area contributed by atoms with Gasteiger partial charge in [0.15, 0.2) is 0 Å². The molecule has 0 spiro atoms. The molecule has 1 fully saturated rings. The Kier molecular flexibility index (Phi) is 5.45. The SMILES string of the molecule is O=C(Nc1ccccc1-n1ccnn1)C1CC(=O)N(Cc2cccc(C(F)(F)F)c2)C1. The van der Waals surface area contributed by atoms with Crippen LogP contribution < -0.4 is 5.32 Å². The summed E-state index contributed by atoms with van der Waals surface area (Å²) in [5.41, 5.74) is 0.733. The van der Waals surface area contributed by atoms with Gasteiger partial charge in [-0.1, -0.05) is 29.5 Å². The first-order valence-corrected chi connectivity index (χ1v) is 9.52. The number of halogens is 3. The van der Waals surface area contributed by atoms with Crippen LogP contribution in [0.2, 0.25) is 0 Å². The summed E-state index contributed by atoms with van der Waals surface area (Å²) < 4.78 is 40.3. The molecule has 1 aliphatic heterocycles. The van der Waals surface area contributed by atoms with Crippen molar-refractivity contribution in [1.29, 1.82) is 0 Å². The lowest BCUT2D eigenvalue weighted by molar-refractivity contribution is -0.137. The fraction of sp³-hybridized carbons (Fsp3) is 0.238. The van der Waals surface area contributed by atoms with Gasteiger partial charge in [-0.05, 0) is 29.8 Å². The third-order valence-corrected chi connectivity index (χ3v) is 5.04. The molecule has 0 aliphatic carbocycles. The van der Waals surface area contributed by atoms with Gasteiger partial charge in [0.25, 0.3) is 0 Å². The lowest BCUT2D eigenvalue weighted by Gasteiger charge is -2.18. The van der Waals surface area contributed by atoms with Crippen LogP contribution in [0.25, 0.3) is 5.69 Å². The second kappa shape index (κ2) is 8.21. The van der Waals surface area contributed by atoms with Gasteiger partial charge in [0.1, 0.15) is 0 Å². The summed E-state index contributed by atoms with van der Waals surface area (Å²) in [5.74, 6) is -1.23. The average Bonchev–Trinajstić information content (AvgIpc) is 3.39. The van der Waals surface area contributed by atoms with Crippen LogP contribution in [0.4, 0.5) is 18.9 Å². The van der Waals surface area contributed by atoms with Crippen molar-refractivity contribution in [3.63, 3.8) is 0 Å². The van der Waals surface area contributed by atoms with Gasteiger partial charge in [0.2, 0.25) is 11.8 Å². The number of amides is 2. The Hall–Kier alpha value is -3.69. The Morgan fingerprint density at radius 2 is 1.97 bits per heavy atom. The Morgan fingerprint density at radius 3 is 2.71 bits per heavy atom. The molecule has 1 atom stereocenters. The minimum absolute atomic E-state index is 0.00368. The summed E-state index contributed by atoms with van der Waals surface area (Å²) in [5, 5.41) is 10.5. The maximum absolute atomic E-state index is 12.9. The van der Waals surface area contributed by atoms with Crippen molar-refractivity contribution in [2.75, 3.05) is 11.9 Å². The molecular formula is C21H18F3N5O2. The van der Waals surface area contributed by atoms with Crippen LogP contribution >= 0.6 is 0 Å². The van der Waals surface area contributed by atoms with Crippen LogP contribution in [-0.4, -0.2) is 38.3 Å². The summed E-state index contributed by atoms with van der Waals surface area (Å²) in [6, 6.07) is 11.9. The van der Waals surface area contributed by atoms with E-state index in [2.05, 4.69) is 15.6 Å². The van der Waals surface area contributed by atoms with Gasteiger partial charge >= 0.3 is 6.18 Å². The summed E-state index contributed by atoms with van der Waals surface area (Å²) in [6.45, 7) is 0.147. The van der Waals surface area contributed by atoms with Gasteiger partial charge in [0, 0.05) is 19.5 Å². The van der Waals surface area contributed by atoms with Gasteiger partial charge in [-0.25, -0.2) is 4.68 Å². The number of hydrogen-bond acceptors (Lipinski definition) is 4. The van der Waals surface area contributed by atoms with Gasteiger partial charge in [-0.2, -0.15) is 13.2 Å². The summed E-state index contributed by atoms with van der Waals surface area (Å²) >= 11 is 0. The lowest BCUT2D eigenvalue weighted by atomic mass is 10.1. The topological polar surface area (TPSA) is 80.1 Å². The number of alkyl halides is 3. The van der Waals surface area contributed by atoms with Gasteiger partial charge < -0.3 is 10.2 Å². The first-order valence-electron chi connectivity index (χ1n) is 9.52. The highest BCUT2D eigenvalue weighted by molar-refractivity contribution is 5.98. The van der Waals surface area contributed by atoms with Crippen molar-refractivity contribution in [3.05, 3.63) is 72.1 Å². The van der Waals surface area contributed by atoms with Crippen LogP contribution in [0.3, 0.4) is 0 Å². The lowest BCUT2D eigenvalue weighted by Crippen LogP contribution is -2.28. The van der Waals surface area contributed by atoms with Crippen molar-refractivity contribution in [1.82, 2.24) is 19.9 Å². The van der Waals surface area contributed by atoms with E-state index in [4.69, 9.17) is 0 Å². The maximum Gasteiger partial charge on any atom is 0.416 e. The van der Waals surface area contributed by atoms with E-state index < -0.39 is 17.7 Å². The van der Waals surface area contributed by atoms with Crippen LogP contribution in [-0.2, 0) is 22.3 Å². The number of likely N-dealkylation sites (tertiary alicyclic amines) is 1. The van der Waals surface area contributed by atoms with E-state index in [-0.39, 0.29) is 31.3 Å². The second-order valence-electron chi connectivity index (χ2n) is 7.23. The zero-order valence-electron chi connectivity index (χ0n) is 16.2. The standard InChI is InChI=1S/C21H18F3N5O2/c22-21(23,24)16-5-3-4-14(10-16)12-28-13-15(11-19(28)30)20(31)26-17-6-1-2-7-18(17)29-9-8-25-27-29/h1-10,15H,11-13H2,(H,26,31). The van der Waals surface area contributed by atoms with Crippen molar-refractivity contribution >= 4 is 17.5 Å². The number of nitrogens with zero attached hydrogens (tertiary/aromatic N) is 4. The van der Waals surface area contributed by atoms with Crippen LogP contribution in [0, 0.1) is 5.92 Å². The maximum atomic E-state index is 12.9. The fourth-order valence-electron chi connectivity index (χ4n) is 3.52. The normalized spacial score (nSPS) is 16.5. The smallest absolute Gasteiger partial charge is 0.338 e. The molecule has 3 aromatic rings. The number of aromatic nitrogens is 3. The molecule has 2 aromatic carbocycles. The van der Waals surface area contributed by atoms with Gasteiger partial charge in [-0.3, -0.25) is 9.59 Å². The minimum atomic E-state index is -4.45. The highest BCUT2D eigenvalue weighted by Crippen LogP contribution is 2.30. The fourth-order valence-corrected chi connectivity index (χ4v) is 3.52. The molecule has 7 nitrogen and oxygen atoms in total. The van der Waals surface area contributed by atoms with Crippen LogP contribution in [0.5, 0.6) is 0 Å². The summed E-state index contributed by atoms with van der Waals surface area (Å²) in [7, 11) is 0. The largest absolute Gasteiger partial charge is 0.416 e. The molecule has 1 aliphatic rings. The number of anilines is 1. The molecule has 1 unspecified atom stereocenters. The first kappa shape index (κ1) is 20.6. The number of benzene rings is 2. The minimum Gasteiger partial charge on any atom is -0.338 e. The monoisotopic (exact) mass is 429 g/mol. The zero-order chi connectivity index (χ0) is 22.0. The van der Waals surface area contributed by atoms with E-state index in [0.717, 1.165) is 12.1 Å². The molecule has 0 saturated carbocycles. The highest BCUT2D eigenvalue weighted by Gasteiger charge is 2.35. The molecule has 1 aromatic heterocycles. The van der Waals surface area contributed by atoms with Crippen LogP contribution in [0.15, 0.2) is 60.9 Å². The molecule has 10 heteroatoms. The van der Waals surface area contributed by atoms with E-state index in [1.807, 2.05) is 0 Å². The molecule has 0 bridgehead atoms. The van der Waals surface area contributed by atoms with Crippen molar-refractivity contribution < 1.29 is 22.8 Å². The van der Waals surface area contributed by atoms with Gasteiger partial charge in [-0.15, -0.1) is 5.10 Å². The molecule has 160 valence electrons. The predicted octanol–water partition coefficient (Wildman–Crippen LogP) is 3.27. The predicted molar refractivity (Wildman–Crippen MR) is 105 cm³/mol. The van der Waals surface area contributed by atoms with Gasteiger partial charge in [0.05, 0.1) is 35.2 Å². The third kappa shape index (κ3) is 4.57. The molecule has 0 radical (unpaired) electrons. The van der Waals surface area contributed by atoms with E-state index in [9.17, 15) is 22.8 Å². The number of carbonyl (C=O) groups excluding carboxylic acids is 2. The van der Waals surface area contributed by atoms with Crippen molar-refractivity contribution in [3.8, 4) is 5.69 Å². The first-order chi connectivity index (χ1) is 14.8. The number of carbonyl (C=O) groups is 2. The van der Waals surface area contributed by atoms with E-state index in [1.54, 1.807) is 30.5 Å². The molecule has 2 heterocycles. The summed E-state index contributed by atoms with van der Waals surface area (Å²) in [4.78, 5) is 26.6. The number of para-hydroxylation sites is 2. The third-order valence-electron chi connectivity index (χ3n) is 5.04. The Bertz CT molecular complexity index is 1100. The molecule has 2 amide bonds. The quantitative estimate of drug-likeness (QED) is 0.675. The molecular weight excluding hydrogens is 411 g/mol. The molecule has 1 N–H and O–H groups in total. The van der Waals surface area contributed by atoms with E-state index >= 15 is 0 Å². The average molecular weight is 429 g/mol. The summed E-state index contributed by atoms with van der Waals surface area (Å²) in [6.07, 6.45) is -1.30. The zero-order valence-corrected chi connectivity index (χ0v) is 16.2. The van der Waals surface area contributed by atoms with Crippen molar-refractivity contribution in [2.24, 2.45) is 5.92 Å². The van der Waals surface area contributed by atoms with Crippen molar-refractivity contribution in [2.45, 2.75) is 19.1 Å². The van der Waals surface area contributed by atoms with E-state index in [1.165, 1.54) is 27.9 Å². The van der Waals surface area contributed by atoms with E-state index in [0.29, 0.717) is 16.9 Å². The molecule has 1 saturated heterocycles. The Labute approximate surface area is 175 Å². The molecule has 4 rings (SSSR count). The molecule has 31 heavy (non-hydrogen) atoms.